The molecule has 1 heteroatoms. The summed E-state index contributed by atoms with van der Waals surface area (Å²) < 4.78 is 0. The summed E-state index contributed by atoms with van der Waals surface area (Å²) >= 11 is 0. The Morgan fingerprint density at radius 1 is 1.50 bits per heavy atom. The van der Waals surface area contributed by atoms with Crippen LogP contribution in [0.4, 0.5) is 0 Å². The minimum Gasteiger partial charge on any atom is -0.256 e. The Bertz CT molecular complexity index is 62.0. The number of hydrogen-bond donors (Lipinski definition) is 0. The average Bonchev–Trinajstić information content (AvgIpc) is 1.76. The third-order valence-corrected chi connectivity index (χ3v) is 0.586. The quantitative estimate of drug-likeness (QED) is 0.334. The van der Waals surface area contributed by atoms with Crippen LogP contribution in [-0.2, 0) is 17.1 Å². The van der Waals surface area contributed by atoms with Crippen molar-refractivity contribution in [2.45, 2.75) is 6.42 Å². The van der Waals surface area contributed by atoms with Gasteiger partial charge in [0.1, 0.15) is 0 Å². The van der Waals surface area contributed by atoms with E-state index in [4.69, 9.17) is 0 Å². The number of hydrogen-bond acceptors (Lipinski definition) is 0. The van der Waals surface area contributed by atoms with E-state index in [2.05, 4.69) is 12.2 Å². The Morgan fingerprint density at radius 3 is 2.50 bits per heavy atom. The average molecular weight is 121 g/mol. The molecule has 6 heavy (non-hydrogen) atoms. The summed E-state index contributed by atoms with van der Waals surface area (Å²) in [5.41, 5.74) is 0. The molecule has 1 aliphatic rings. The standard InChI is InChI=1S/C5H5.Fe/c1-2-4-5-3-1;/h1-2,5H,3H2;/q-1;+2. The van der Waals surface area contributed by atoms with Crippen molar-refractivity contribution in [3.05, 3.63) is 24.3 Å². The van der Waals surface area contributed by atoms with Gasteiger partial charge in [0.25, 0.3) is 0 Å². The fourth-order valence-electron chi connectivity index (χ4n) is 0.340. The van der Waals surface area contributed by atoms with E-state index in [0.29, 0.717) is 0 Å². The summed E-state index contributed by atoms with van der Waals surface area (Å²) in [6.07, 6.45) is 10.0. The van der Waals surface area contributed by atoms with Crippen LogP contribution >= 0.6 is 0 Å². The minimum atomic E-state index is 0. The van der Waals surface area contributed by atoms with Crippen molar-refractivity contribution in [1.29, 1.82) is 0 Å². The van der Waals surface area contributed by atoms with Gasteiger partial charge in [0, 0.05) is 0 Å². The molecule has 1 rings (SSSR count). The number of rotatable bonds is 0. The van der Waals surface area contributed by atoms with E-state index in [0.717, 1.165) is 6.42 Å². The molecule has 0 aromatic heterocycles. The molecule has 0 aromatic rings. The van der Waals surface area contributed by atoms with Crippen LogP contribution in [0.15, 0.2) is 18.2 Å². The Balaban J connectivity index is 0.000000250. The third-order valence-electron chi connectivity index (χ3n) is 0.586. The number of allylic oxidation sites excluding steroid dienone is 4. The van der Waals surface area contributed by atoms with Crippen LogP contribution < -0.4 is 0 Å². The zero-order chi connectivity index (χ0) is 3.54. The monoisotopic (exact) mass is 121 g/mol. The molecule has 0 heterocycles. The van der Waals surface area contributed by atoms with E-state index in [1.165, 1.54) is 0 Å². The molecule has 0 saturated carbocycles. The molecule has 0 N–H and O–H groups in total. The van der Waals surface area contributed by atoms with Gasteiger partial charge in [-0.25, -0.2) is 12.2 Å². The van der Waals surface area contributed by atoms with Gasteiger partial charge in [-0.05, 0) is 0 Å². The topological polar surface area (TPSA) is 0 Å². The first-order valence-corrected chi connectivity index (χ1v) is 1.73. The molecular weight excluding hydrogens is 116 g/mol. The van der Waals surface area contributed by atoms with Gasteiger partial charge in [0.15, 0.2) is 0 Å². The normalized spacial score (nSPS) is 14.7. The fourth-order valence-corrected chi connectivity index (χ4v) is 0.340. The van der Waals surface area contributed by atoms with Gasteiger partial charge in [-0.1, -0.05) is 0 Å². The van der Waals surface area contributed by atoms with Gasteiger partial charge in [-0.2, -0.15) is 6.08 Å². The van der Waals surface area contributed by atoms with Gasteiger partial charge in [-0.3, -0.25) is 6.08 Å². The molecule has 0 radical (unpaired) electrons. The second-order valence-corrected chi connectivity index (χ2v) is 1.01. The first kappa shape index (κ1) is 6.00. The van der Waals surface area contributed by atoms with E-state index < -0.39 is 0 Å². The van der Waals surface area contributed by atoms with Gasteiger partial charge in [0.2, 0.25) is 0 Å². The maximum atomic E-state index is 2.92. The summed E-state index contributed by atoms with van der Waals surface area (Å²) in [4.78, 5) is 0. The molecule has 0 atom stereocenters. The summed E-state index contributed by atoms with van der Waals surface area (Å²) in [6, 6.07) is 0. The van der Waals surface area contributed by atoms with Crippen LogP contribution in [0.3, 0.4) is 0 Å². The van der Waals surface area contributed by atoms with E-state index in [-0.39, 0.29) is 17.1 Å². The molecule has 0 spiro atoms. The molecule has 0 aromatic carbocycles. The second-order valence-electron chi connectivity index (χ2n) is 1.01. The summed E-state index contributed by atoms with van der Waals surface area (Å²) in [5.74, 6) is 0. The maximum Gasteiger partial charge on any atom is 2.00 e. The zero-order valence-corrected chi connectivity index (χ0v) is 4.40. The van der Waals surface area contributed by atoms with Crippen molar-refractivity contribution in [1.82, 2.24) is 0 Å². The van der Waals surface area contributed by atoms with Crippen LogP contribution in [-0.4, -0.2) is 0 Å². The molecule has 0 unspecified atom stereocenters. The summed E-state index contributed by atoms with van der Waals surface area (Å²) in [6.45, 7) is 0. The first-order chi connectivity index (χ1) is 2.50. The van der Waals surface area contributed by atoms with Crippen molar-refractivity contribution in [2.24, 2.45) is 0 Å². The Labute approximate surface area is 48.4 Å². The molecule has 1 aliphatic carbocycles. The van der Waals surface area contributed by atoms with Crippen molar-refractivity contribution in [2.75, 3.05) is 0 Å². The molecular formula is C5H5Fe+. The summed E-state index contributed by atoms with van der Waals surface area (Å²) in [5, 5.41) is 0. The van der Waals surface area contributed by atoms with Crippen LogP contribution in [0.5, 0.6) is 0 Å². The molecule has 0 nitrogen and oxygen atoms in total. The van der Waals surface area contributed by atoms with Gasteiger partial charge in [0.05, 0.1) is 0 Å². The van der Waals surface area contributed by atoms with Gasteiger partial charge < -0.3 is 0 Å². The second kappa shape index (κ2) is 3.20. The van der Waals surface area contributed by atoms with Crippen molar-refractivity contribution in [3.63, 3.8) is 0 Å². The fraction of sp³-hybridized carbons (Fsp3) is 0.200. The van der Waals surface area contributed by atoms with E-state index in [1.807, 2.05) is 12.2 Å². The molecule has 0 saturated heterocycles. The van der Waals surface area contributed by atoms with Crippen LogP contribution in [0.1, 0.15) is 6.42 Å². The zero-order valence-electron chi connectivity index (χ0n) is 3.29. The van der Waals surface area contributed by atoms with Crippen molar-refractivity contribution >= 4 is 0 Å². The van der Waals surface area contributed by atoms with E-state index in [9.17, 15) is 0 Å². The Kier molecular flexibility index (Phi) is 3.20. The summed E-state index contributed by atoms with van der Waals surface area (Å²) in [7, 11) is 0. The van der Waals surface area contributed by atoms with E-state index >= 15 is 0 Å². The molecule has 0 bridgehead atoms. The maximum absolute atomic E-state index is 2.92. The Morgan fingerprint density at radius 2 is 2.33 bits per heavy atom. The van der Waals surface area contributed by atoms with Crippen molar-refractivity contribution < 1.29 is 17.1 Å². The third kappa shape index (κ3) is 1.44. The minimum absolute atomic E-state index is 0. The predicted molar refractivity (Wildman–Crippen MR) is 21.6 cm³/mol. The molecule has 0 aliphatic heterocycles. The van der Waals surface area contributed by atoms with Crippen LogP contribution in [0.25, 0.3) is 0 Å². The van der Waals surface area contributed by atoms with Crippen LogP contribution in [0, 0.1) is 6.08 Å². The Hall–Kier alpha value is -0.000519. The SMILES string of the molecule is [C-]1=CCC=C1.[Fe+2]. The van der Waals surface area contributed by atoms with Crippen molar-refractivity contribution in [3.8, 4) is 0 Å². The predicted octanol–water partition coefficient (Wildman–Crippen LogP) is 1.30. The molecule has 0 fully saturated rings. The van der Waals surface area contributed by atoms with Gasteiger partial charge >= 0.3 is 17.1 Å². The van der Waals surface area contributed by atoms with Crippen LogP contribution in [0.2, 0.25) is 0 Å². The van der Waals surface area contributed by atoms with Gasteiger partial charge in [-0.15, -0.1) is 6.42 Å². The molecule has 32 valence electrons. The largest absolute Gasteiger partial charge is 2.00 e. The first-order valence-electron chi connectivity index (χ1n) is 1.73. The molecule has 0 amide bonds. The smallest absolute Gasteiger partial charge is 0.256 e. The van der Waals surface area contributed by atoms with E-state index in [1.54, 1.807) is 0 Å².